The standard InChI is InChI=1S/C22H28N2O3/c1-21(2,3)17-12-7-8-13-18(17)24-20(26)22(4,5)19(25)23-15-10-9-11-16(14-15)27-6/h7-14H,1-6H3,(H,23,25)(H,24,26). The Balaban J connectivity index is 2.18. The average molecular weight is 368 g/mol. The van der Waals surface area contributed by atoms with Crippen LogP contribution in [0.15, 0.2) is 48.5 Å². The Morgan fingerprint density at radius 2 is 1.48 bits per heavy atom. The predicted octanol–water partition coefficient (Wildman–Crippen LogP) is 4.60. The van der Waals surface area contributed by atoms with Crippen molar-refractivity contribution >= 4 is 23.2 Å². The summed E-state index contributed by atoms with van der Waals surface area (Å²) < 4.78 is 5.16. The van der Waals surface area contributed by atoms with E-state index in [9.17, 15) is 9.59 Å². The topological polar surface area (TPSA) is 67.4 Å². The van der Waals surface area contributed by atoms with Crippen LogP contribution in [-0.2, 0) is 15.0 Å². The third-order valence-corrected chi connectivity index (χ3v) is 4.45. The van der Waals surface area contributed by atoms with Gasteiger partial charge >= 0.3 is 0 Å². The Kier molecular flexibility index (Phi) is 5.94. The van der Waals surface area contributed by atoms with Gasteiger partial charge in [0.25, 0.3) is 0 Å². The van der Waals surface area contributed by atoms with Crippen molar-refractivity contribution in [1.82, 2.24) is 0 Å². The molecule has 0 spiro atoms. The second-order valence-corrected chi connectivity index (χ2v) is 8.06. The number of nitrogens with one attached hydrogen (secondary N) is 2. The summed E-state index contributed by atoms with van der Waals surface area (Å²) in [7, 11) is 1.56. The zero-order chi connectivity index (χ0) is 20.2. The highest BCUT2D eigenvalue weighted by molar-refractivity contribution is 6.14. The number of anilines is 2. The molecule has 0 aliphatic carbocycles. The fraction of sp³-hybridized carbons (Fsp3) is 0.364. The van der Waals surface area contributed by atoms with Crippen molar-refractivity contribution in [2.45, 2.75) is 40.0 Å². The van der Waals surface area contributed by atoms with E-state index in [-0.39, 0.29) is 17.2 Å². The number of methoxy groups -OCH3 is 1. The van der Waals surface area contributed by atoms with Crippen molar-refractivity contribution in [2.75, 3.05) is 17.7 Å². The summed E-state index contributed by atoms with van der Waals surface area (Å²) in [5, 5.41) is 5.71. The highest BCUT2D eigenvalue weighted by Crippen LogP contribution is 2.31. The Morgan fingerprint density at radius 1 is 0.852 bits per heavy atom. The highest BCUT2D eigenvalue weighted by Gasteiger charge is 2.37. The second kappa shape index (κ2) is 7.82. The molecule has 0 radical (unpaired) electrons. The van der Waals surface area contributed by atoms with Gasteiger partial charge in [0, 0.05) is 17.4 Å². The van der Waals surface area contributed by atoms with Crippen LogP contribution in [0.3, 0.4) is 0 Å². The number of para-hydroxylation sites is 1. The van der Waals surface area contributed by atoms with Crippen LogP contribution < -0.4 is 15.4 Å². The van der Waals surface area contributed by atoms with Crippen molar-refractivity contribution in [1.29, 1.82) is 0 Å². The molecule has 0 heterocycles. The van der Waals surface area contributed by atoms with Gasteiger partial charge in [0.2, 0.25) is 11.8 Å². The molecule has 0 atom stereocenters. The number of carbonyl (C=O) groups is 2. The van der Waals surface area contributed by atoms with Gasteiger partial charge in [0.05, 0.1) is 7.11 Å². The molecule has 27 heavy (non-hydrogen) atoms. The van der Waals surface area contributed by atoms with E-state index >= 15 is 0 Å². The van der Waals surface area contributed by atoms with Crippen LogP contribution in [0.25, 0.3) is 0 Å². The number of hydrogen-bond donors (Lipinski definition) is 2. The summed E-state index contributed by atoms with van der Waals surface area (Å²) >= 11 is 0. The van der Waals surface area contributed by atoms with E-state index < -0.39 is 5.41 Å². The summed E-state index contributed by atoms with van der Waals surface area (Å²) in [5.41, 5.74) is 0.931. The molecule has 0 fully saturated rings. The van der Waals surface area contributed by atoms with Gasteiger partial charge in [-0.3, -0.25) is 9.59 Å². The van der Waals surface area contributed by atoms with E-state index in [2.05, 4.69) is 31.4 Å². The molecule has 0 aliphatic heterocycles. The van der Waals surface area contributed by atoms with E-state index in [1.165, 1.54) is 0 Å². The van der Waals surface area contributed by atoms with Crippen molar-refractivity contribution in [3.05, 3.63) is 54.1 Å². The summed E-state index contributed by atoms with van der Waals surface area (Å²) in [4.78, 5) is 25.6. The summed E-state index contributed by atoms with van der Waals surface area (Å²) in [6, 6.07) is 14.7. The first-order valence-corrected chi connectivity index (χ1v) is 8.92. The maximum absolute atomic E-state index is 12.9. The lowest BCUT2D eigenvalue weighted by molar-refractivity contribution is -0.135. The van der Waals surface area contributed by atoms with Crippen LogP contribution >= 0.6 is 0 Å². The molecular weight excluding hydrogens is 340 g/mol. The lowest BCUT2D eigenvalue weighted by atomic mass is 9.85. The molecule has 0 bridgehead atoms. The SMILES string of the molecule is COc1cccc(NC(=O)C(C)(C)C(=O)Nc2ccccc2C(C)(C)C)c1. The molecule has 0 aliphatic rings. The van der Waals surface area contributed by atoms with Crippen molar-refractivity contribution in [3.63, 3.8) is 0 Å². The lowest BCUT2D eigenvalue weighted by Gasteiger charge is -2.26. The van der Waals surface area contributed by atoms with Gasteiger partial charge in [0.15, 0.2) is 0 Å². The first-order valence-electron chi connectivity index (χ1n) is 8.92. The van der Waals surface area contributed by atoms with Crippen molar-refractivity contribution in [3.8, 4) is 5.75 Å². The minimum atomic E-state index is -1.26. The average Bonchev–Trinajstić information content (AvgIpc) is 2.61. The van der Waals surface area contributed by atoms with Crippen molar-refractivity contribution < 1.29 is 14.3 Å². The number of amides is 2. The molecule has 2 rings (SSSR count). The molecular formula is C22H28N2O3. The number of benzene rings is 2. The Labute approximate surface area is 161 Å². The smallest absolute Gasteiger partial charge is 0.239 e. The summed E-state index contributed by atoms with van der Waals surface area (Å²) in [5.74, 6) is -0.116. The molecule has 0 aromatic heterocycles. The molecule has 5 nitrogen and oxygen atoms in total. The van der Waals surface area contributed by atoms with E-state index in [0.29, 0.717) is 11.4 Å². The van der Waals surface area contributed by atoms with Crippen LogP contribution in [0.4, 0.5) is 11.4 Å². The summed E-state index contributed by atoms with van der Waals surface area (Å²) in [6.45, 7) is 9.46. The number of ether oxygens (including phenoxy) is 1. The zero-order valence-electron chi connectivity index (χ0n) is 16.8. The maximum atomic E-state index is 12.9. The highest BCUT2D eigenvalue weighted by atomic mass is 16.5. The minimum Gasteiger partial charge on any atom is -0.497 e. The normalized spacial score (nSPS) is 11.6. The quantitative estimate of drug-likeness (QED) is 0.758. The van der Waals surface area contributed by atoms with Crippen LogP contribution in [0, 0.1) is 5.41 Å². The van der Waals surface area contributed by atoms with Gasteiger partial charge < -0.3 is 15.4 Å². The van der Waals surface area contributed by atoms with E-state index in [1.54, 1.807) is 45.2 Å². The summed E-state index contributed by atoms with van der Waals surface area (Å²) in [6.07, 6.45) is 0. The maximum Gasteiger partial charge on any atom is 0.239 e. The Bertz CT molecular complexity index is 835. The molecule has 5 heteroatoms. The molecule has 2 N–H and O–H groups in total. The van der Waals surface area contributed by atoms with E-state index in [0.717, 1.165) is 11.3 Å². The van der Waals surface area contributed by atoms with Gasteiger partial charge in [-0.25, -0.2) is 0 Å². The van der Waals surface area contributed by atoms with E-state index in [1.807, 2.05) is 24.3 Å². The molecule has 2 aromatic rings. The van der Waals surface area contributed by atoms with E-state index in [4.69, 9.17) is 4.74 Å². The third-order valence-electron chi connectivity index (χ3n) is 4.45. The van der Waals surface area contributed by atoms with Crippen molar-refractivity contribution in [2.24, 2.45) is 5.41 Å². The molecule has 2 amide bonds. The van der Waals surface area contributed by atoms with Gasteiger partial charge in [-0.15, -0.1) is 0 Å². The van der Waals surface area contributed by atoms with Gasteiger partial charge in [-0.1, -0.05) is 45.0 Å². The van der Waals surface area contributed by atoms with Crippen LogP contribution in [0.1, 0.15) is 40.2 Å². The van der Waals surface area contributed by atoms with Gasteiger partial charge in [-0.2, -0.15) is 0 Å². The van der Waals surface area contributed by atoms with Crippen LogP contribution in [0.5, 0.6) is 5.75 Å². The fourth-order valence-corrected chi connectivity index (χ4v) is 2.62. The minimum absolute atomic E-state index is 0.128. The molecule has 0 unspecified atom stereocenters. The van der Waals surface area contributed by atoms with Gasteiger partial charge in [0.1, 0.15) is 11.2 Å². The number of rotatable bonds is 5. The van der Waals surface area contributed by atoms with Crippen LogP contribution in [-0.4, -0.2) is 18.9 Å². The monoisotopic (exact) mass is 368 g/mol. The first kappa shape index (κ1) is 20.5. The van der Waals surface area contributed by atoms with Gasteiger partial charge in [-0.05, 0) is 43.0 Å². The van der Waals surface area contributed by atoms with Crippen LogP contribution in [0.2, 0.25) is 0 Å². The molecule has 0 saturated heterocycles. The molecule has 2 aromatic carbocycles. The number of hydrogen-bond acceptors (Lipinski definition) is 3. The Morgan fingerprint density at radius 3 is 2.11 bits per heavy atom. The lowest BCUT2D eigenvalue weighted by Crippen LogP contribution is -2.42. The third kappa shape index (κ3) is 4.88. The number of carbonyl (C=O) groups excluding carboxylic acids is 2. The first-order chi connectivity index (χ1) is 12.6. The Hall–Kier alpha value is -2.82. The molecule has 144 valence electrons. The second-order valence-electron chi connectivity index (χ2n) is 8.06. The molecule has 0 saturated carbocycles. The zero-order valence-corrected chi connectivity index (χ0v) is 16.8. The fourth-order valence-electron chi connectivity index (χ4n) is 2.62. The predicted molar refractivity (Wildman–Crippen MR) is 109 cm³/mol. The largest absolute Gasteiger partial charge is 0.497 e.